The fraction of sp³-hybridized carbons (Fsp3) is 0.688. The van der Waals surface area contributed by atoms with Crippen LogP contribution in [0.4, 0.5) is 0 Å². The van der Waals surface area contributed by atoms with Crippen LogP contribution < -0.4 is 10.6 Å². The third-order valence-electron chi connectivity index (χ3n) is 4.19. The minimum Gasteiger partial charge on any atom is -0.467 e. The molecule has 2 heterocycles. The summed E-state index contributed by atoms with van der Waals surface area (Å²) in [7, 11) is -3.11. The van der Waals surface area contributed by atoms with Gasteiger partial charge < -0.3 is 20.2 Å². The fourth-order valence-corrected chi connectivity index (χ4v) is 3.86. The summed E-state index contributed by atoms with van der Waals surface area (Å²) >= 11 is 0. The summed E-state index contributed by atoms with van der Waals surface area (Å²) in [5.41, 5.74) is 0. The van der Waals surface area contributed by atoms with Gasteiger partial charge in [0.15, 0.2) is 5.96 Å². The van der Waals surface area contributed by atoms with Gasteiger partial charge in [-0.2, -0.15) is 0 Å². The maximum atomic E-state index is 11.9. The van der Waals surface area contributed by atoms with Gasteiger partial charge in [0.1, 0.15) is 11.9 Å². The van der Waals surface area contributed by atoms with Crippen molar-refractivity contribution in [2.45, 2.75) is 38.8 Å². The normalized spacial score (nSPS) is 18.9. The number of guanidine groups is 1. The molecule has 25 heavy (non-hydrogen) atoms. The summed E-state index contributed by atoms with van der Waals surface area (Å²) < 4.78 is 30.5. The number of aliphatic imine (C=N–C) groups is 1. The van der Waals surface area contributed by atoms with Gasteiger partial charge in [-0.15, -0.1) is 0 Å². The lowest BCUT2D eigenvalue weighted by atomic mass is 10.1. The lowest BCUT2D eigenvalue weighted by molar-refractivity contribution is 0.158. The summed E-state index contributed by atoms with van der Waals surface area (Å²) in [6.07, 6.45) is 2.18. The van der Waals surface area contributed by atoms with Crippen LogP contribution in [0.2, 0.25) is 0 Å². The predicted molar refractivity (Wildman–Crippen MR) is 96.8 cm³/mol. The highest BCUT2D eigenvalue weighted by Crippen LogP contribution is 2.15. The first-order valence-electron chi connectivity index (χ1n) is 8.70. The van der Waals surface area contributed by atoms with Crippen LogP contribution in [0.3, 0.4) is 0 Å². The molecule has 9 heteroatoms. The first kappa shape index (κ1) is 19.7. The van der Waals surface area contributed by atoms with E-state index in [0.717, 1.165) is 12.8 Å². The van der Waals surface area contributed by atoms with Crippen LogP contribution in [0.25, 0.3) is 0 Å². The third kappa shape index (κ3) is 5.72. The molecule has 1 unspecified atom stereocenters. The van der Waals surface area contributed by atoms with Crippen LogP contribution in [0.1, 0.15) is 38.6 Å². The topological polar surface area (TPSA) is 107 Å². The van der Waals surface area contributed by atoms with Gasteiger partial charge >= 0.3 is 0 Å². The molecule has 0 amide bonds. The second-order valence-corrected chi connectivity index (χ2v) is 8.23. The van der Waals surface area contributed by atoms with E-state index in [1.54, 1.807) is 23.4 Å². The van der Waals surface area contributed by atoms with E-state index >= 15 is 0 Å². The van der Waals surface area contributed by atoms with E-state index in [1.165, 1.54) is 6.26 Å². The Morgan fingerprint density at radius 2 is 2.16 bits per heavy atom. The molecule has 1 fully saturated rings. The smallest absolute Gasteiger partial charge is 0.213 e. The number of aliphatic hydroxyl groups excluding tert-OH is 1. The van der Waals surface area contributed by atoms with Crippen molar-refractivity contribution in [1.29, 1.82) is 0 Å². The number of hydrogen-bond donors (Lipinski definition) is 3. The number of furan rings is 1. The lowest BCUT2D eigenvalue weighted by Crippen LogP contribution is -2.50. The molecule has 0 aromatic carbocycles. The largest absolute Gasteiger partial charge is 0.467 e. The molecule has 0 spiro atoms. The zero-order valence-electron chi connectivity index (χ0n) is 14.8. The molecule has 1 aromatic heterocycles. The first-order valence-corrected chi connectivity index (χ1v) is 10.3. The average Bonchev–Trinajstić information content (AvgIpc) is 3.15. The van der Waals surface area contributed by atoms with Crippen LogP contribution in [0, 0.1) is 0 Å². The minimum atomic E-state index is -3.11. The summed E-state index contributed by atoms with van der Waals surface area (Å²) in [6.45, 7) is 5.55. The van der Waals surface area contributed by atoms with Gasteiger partial charge in [0.25, 0.3) is 0 Å². The number of hydrogen-bond acceptors (Lipinski definition) is 5. The molecule has 2 rings (SSSR count). The molecule has 0 aliphatic carbocycles. The van der Waals surface area contributed by atoms with Crippen LogP contribution in [0.15, 0.2) is 27.8 Å². The van der Waals surface area contributed by atoms with Crippen molar-refractivity contribution >= 4 is 16.0 Å². The van der Waals surface area contributed by atoms with Gasteiger partial charge in [0.05, 0.1) is 18.6 Å². The van der Waals surface area contributed by atoms with Gasteiger partial charge in [0, 0.05) is 25.7 Å². The highest BCUT2D eigenvalue weighted by molar-refractivity contribution is 7.89. The van der Waals surface area contributed by atoms with E-state index in [-0.39, 0.29) is 18.3 Å². The van der Waals surface area contributed by atoms with E-state index in [1.807, 2.05) is 6.92 Å². The second-order valence-electron chi connectivity index (χ2n) is 5.97. The van der Waals surface area contributed by atoms with E-state index in [0.29, 0.717) is 31.4 Å². The summed E-state index contributed by atoms with van der Waals surface area (Å²) in [4.78, 5) is 4.40. The van der Waals surface area contributed by atoms with Crippen molar-refractivity contribution in [3.05, 3.63) is 24.2 Å². The zero-order chi connectivity index (χ0) is 18.3. The van der Waals surface area contributed by atoms with Gasteiger partial charge in [0.2, 0.25) is 10.0 Å². The van der Waals surface area contributed by atoms with Crippen molar-refractivity contribution in [2.24, 2.45) is 4.99 Å². The molecular weight excluding hydrogens is 344 g/mol. The molecule has 1 saturated heterocycles. The third-order valence-corrected chi connectivity index (χ3v) is 6.07. The van der Waals surface area contributed by atoms with E-state index in [4.69, 9.17) is 4.42 Å². The van der Waals surface area contributed by atoms with Crippen LogP contribution in [-0.4, -0.2) is 61.8 Å². The SMILES string of the molecule is CCNC(=NCC(O)c1ccco1)NC1CCN(S(=O)(=O)CC)CC1. The van der Waals surface area contributed by atoms with Crippen molar-refractivity contribution in [3.8, 4) is 0 Å². The Hall–Kier alpha value is -1.58. The molecule has 1 aliphatic rings. The minimum absolute atomic E-state index is 0.139. The monoisotopic (exact) mass is 372 g/mol. The van der Waals surface area contributed by atoms with E-state index in [9.17, 15) is 13.5 Å². The Kier molecular flexibility index (Phi) is 7.27. The molecule has 3 N–H and O–H groups in total. The fourth-order valence-electron chi connectivity index (χ4n) is 2.72. The Morgan fingerprint density at radius 3 is 2.72 bits per heavy atom. The number of sulfonamides is 1. The Morgan fingerprint density at radius 1 is 1.44 bits per heavy atom. The van der Waals surface area contributed by atoms with Crippen LogP contribution >= 0.6 is 0 Å². The summed E-state index contributed by atoms with van der Waals surface area (Å²) in [5, 5.41) is 16.5. The predicted octanol–water partition coefficient (Wildman–Crippen LogP) is 0.682. The second kappa shape index (κ2) is 9.21. The van der Waals surface area contributed by atoms with Gasteiger partial charge in [-0.1, -0.05) is 0 Å². The van der Waals surface area contributed by atoms with Gasteiger partial charge in [-0.3, -0.25) is 4.99 Å². The van der Waals surface area contributed by atoms with Gasteiger partial charge in [-0.25, -0.2) is 12.7 Å². The molecule has 0 radical (unpaired) electrons. The van der Waals surface area contributed by atoms with E-state index < -0.39 is 16.1 Å². The molecule has 8 nitrogen and oxygen atoms in total. The highest BCUT2D eigenvalue weighted by atomic mass is 32.2. The number of aliphatic hydroxyl groups is 1. The van der Waals surface area contributed by atoms with E-state index in [2.05, 4.69) is 15.6 Å². The maximum Gasteiger partial charge on any atom is 0.213 e. The molecule has 0 bridgehead atoms. The summed E-state index contributed by atoms with van der Waals surface area (Å²) in [6, 6.07) is 3.59. The van der Waals surface area contributed by atoms with Crippen LogP contribution in [0.5, 0.6) is 0 Å². The number of nitrogens with zero attached hydrogens (tertiary/aromatic N) is 2. The molecule has 1 atom stereocenters. The highest BCUT2D eigenvalue weighted by Gasteiger charge is 2.27. The Labute approximate surface area is 149 Å². The Bertz CT molecular complexity index is 637. The summed E-state index contributed by atoms with van der Waals surface area (Å²) in [5.74, 6) is 1.24. The van der Waals surface area contributed by atoms with Crippen molar-refractivity contribution < 1.29 is 17.9 Å². The molecular formula is C16H28N4O4S. The Balaban J connectivity index is 1.88. The van der Waals surface area contributed by atoms with Crippen LogP contribution in [-0.2, 0) is 10.0 Å². The quantitative estimate of drug-likeness (QED) is 0.480. The number of piperidine rings is 1. The van der Waals surface area contributed by atoms with Crippen molar-refractivity contribution in [2.75, 3.05) is 31.9 Å². The molecule has 0 saturated carbocycles. The molecule has 1 aromatic rings. The molecule has 1 aliphatic heterocycles. The van der Waals surface area contributed by atoms with Gasteiger partial charge in [-0.05, 0) is 38.8 Å². The van der Waals surface area contributed by atoms with Crippen molar-refractivity contribution in [1.82, 2.24) is 14.9 Å². The number of nitrogens with one attached hydrogen (secondary N) is 2. The van der Waals surface area contributed by atoms with Crippen molar-refractivity contribution in [3.63, 3.8) is 0 Å². The zero-order valence-corrected chi connectivity index (χ0v) is 15.6. The maximum absolute atomic E-state index is 11.9. The number of rotatable bonds is 7. The molecule has 142 valence electrons. The standard InChI is InChI=1S/C16H28N4O4S/c1-3-17-16(18-12-14(21)15-6-5-11-24-15)19-13-7-9-20(10-8-13)25(22,23)4-2/h5-6,11,13-14,21H,3-4,7-10,12H2,1-2H3,(H2,17,18,19). The average molecular weight is 372 g/mol. The lowest BCUT2D eigenvalue weighted by Gasteiger charge is -2.32. The first-order chi connectivity index (χ1) is 12.0.